The Bertz CT molecular complexity index is 437. The third-order valence-electron chi connectivity index (χ3n) is 4.91. The molecule has 4 atom stereocenters. The Morgan fingerprint density at radius 3 is 2.48 bits per heavy atom. The number of Topliss-reactive ketones (excluding diaryl/α,β-unsaturated/α-hetero) is 1. The van der Waals surface area contributed by atoms with Gasteiger partial charge in [0.1, 0.15) is 0 Å². The highest BCUT2D eigenvalue weighted by molar-refractivity contribution is 6.37. The number of hydrogen-bond donors (Lipinski definition) is 2. The SMILES string of the molecule is CCC[C@H]1CCN(C)C1C(=O)NC(CC(C)CC)C(=O)C(N)=O. The van der Waals surface area contributed by atoms with Gasteiger partial charge >= 0.3 is 0 Å². The van der Waals surface area contributed by atoms with Gasteiger partial charge in [-0.3, -0.25) is 19.3 Å². The minimum absolute atomic E-state index is 0.161. The summed E-state index contributed by atoms with van der Waals surface area (Å²) >= 11 is 0. The molecule has 132 valence electrons. The minimum atomic E-state index is -0.983. The first-order chi connectivity index (χ1) is 10.8. The van der Waals surface area contributed by atoms with E-state index in [2.05, 4.69) is 12.2 Å². The third kappa shape index (κ3) is 5.30. The Morgan fingerprint density at radius 1 is 1.30 bits per heavy atom. The van der Waals surface area contributed by atoms with Crippen LogP contribution in [-0.4, -0.2) is 48.2 Å². The largest absolute Gasteiger partial charge is 0.363 e. The van der Waals surface area contributed by atoms with Crippen molar-refractivity contribution in [3.05, 3.63) is 0 Å². The highest BCUT2D eigenvalue weighted by atomic mass is 16.2. The molecule has 1 fully saturated rings. The molecule has 6 heteroatoms. The van der Waals surface area contributed by atoms with Gasteiger partial charge in [-0.2, -0.15) is 0 Å². The lowest BCUT2D eigenvalue weighted by molar-refractivity contribution is -0.139. The quantitative estimate of drug-likeness (QED) is 0.621. The van der Waals surface area contributed by atoms with E-state index in [1.807, 2.05) is 25.8 Å². The average molecular weight is 325 g/mol. The topological polar surface area (TPSA) is 92.5 Å². The van der Waals surface area contributed by atoms with E-state index < -0.39 is 17.7 Å². The van der Waals surface area contributed by atoms with Crippen molar-refractivity contribution in [3.8, 4) is 0 Å². The van der Waals surface area contributed by atoms with Crippen LogP contribution in [-0.2, 0) is 14.4 Å². The number of carbonyl (C=O) groups excluding carboxylic acids is 3. The minimum Gasteiger partial charge on any atom is -0.363 e. The first-order valence-electron chi connectivity index (χ1n) is 8.65. The molecule has 0 aromatic heterocycles. The van der Waals surface area contributed by atoms with Crippen molar-refractivity contribution in [2.75, 3.05) is 13.6 Å². The zero-order chi connectivity index (χ0) is 17.6. The number of rotatable bonds is 9. The molecule has 1 heterocycles. The molecule has 0 aromatic carbocycles. The van der Waals surface area contributed by atoms with Crippen molar-refractivity contribution in [2.45, 2.75) is 65.0 Å². The molecule has 3 unspecified atom stereocenters. The van der Waals surface area contributed by atoms with E-state index in [0.717, 1.165) is 32.2 Å². The van der Waals surface area contributed by atoms with Gasteiger partial charge in [-0.1, -0.05) is 33.6 Å². The molecule has 1 aliphatic rings. The summed E-state index contributed by atoms with van der Waals surface area (Å²) in [4.78, 5) is 38.0. The molecule has 6 nitrogen and oxygen atoms in total. The van der Waals surface area contributed by atoms with Crippen molar-refractivity contribution >= 4 is 17.6 Å². The van der Waals surface area contributed by atoms with Crippen LogP contribution in [0.5, 0.6) is 0 Å². The molecule has 0 spiro atoms. The maximum atomic E-state index is 12.7. The van der Waals surface area contributed by atoms with Gasteiger partial charge in [-0.05, 0) is 44.7 Å². The molecule has 0 saturated carbocycles. The maximum absolute atomic E-state index is 12.7. The number of amides is 2. The lowest BCUT2D eigenvalue weighted by Gasteiger charge is -2.27. The first-order valence-corrected chi connectivity index (χ1v) is 8.65. The summed E-state index contributed by atoms with van der Waals surface area (Å²) < 4.78 is 0. The Kier molecular flexibility index (Phi) is 7.68. The summed E-state index contributed by atoms with van der Waals surface area (Å²) in [5, 5.41) is 2.79. The second-order valence-corrected chi connectivity index (χ2v) is 6.80. The van der Waals surface area contributed by atoms with Crippen LogP contribution in [0.2, 0.25) is 0 Å². The molecule has 23 heavy (non-hydrogen) atoms. The van der Waals surface area contributed by atoms with Gasteiger partial charge in [0.05, 0.1) is 12.1 Å². The fraction of sp³-hybridized carbons (Fsp3) is 0.824. The van der Waals surface area contributed by atoms with Gasteiger partial charge in [0.15, 0.2) is 0 Å². The first kappa shape index (κ1) is 19.6. The summed E-state index contributed by atoms with van der Waals surface area (Å²) in [6.07, 6.45) is 4.32. The van der Waals surface area contributed by atoms with Gasteiger partial charge in [0, 0.05) is 0 Å². The molecule has 3 N–H and O–H groups in total. The summed E-state index contributed by atoms with van der Waals surface area (Å²) in [5.41, 5.74) is 5.14. The molecule has 0 aromatic rings. The molecule has 1 saturated heterocycles. The van der Waals surface area contributed by atoms with Gasteiger partial charge in [-0.25, -0.2) is 0 Å². The lowest BCUT2D eigenvalue weighted by atomic mass is 9.93. The third-order valence-corrected chi connectivity index (χ3v) is 4.91. The normalized spacial score (nSPS) is 24.2. The van der Waals surface area contributed by atoms with Crippen molar-refractivity contribution in [3.63, 3.8) is 0 Å². The number of nitrogens with two attached hydrogens (primary N) is 1. The second kappa shape index (κ2) is 9.01. The highest BCUT2D eigenvalue weighted by Crippen LogP contribution is 2.27. The predicted molar refractivity (Wildman–Crippen MR) is 89.6 cm³/mol. The van der Waals surface area contributed by atoms with Crippen molar-refractivity contribution < 1.29 is 14.4 Å². The van der Waals surface area contributed by atoms with Crippen LogP contribution in [0.15, 0.2) is 0 Å². The van der Waals surface area contributed by atoms with Crippen molar-refractivity contribution in [1.29, 1.82) is 0 Å². The Labute approximate surface area is 139 Å². The van der Waals surface area contributed by atoms with E-state index in [9.17, 15) is 14.4 Å². The standard InChI is InChI=1S/C17H31N3O3/c1-5-7-12-8-9-20(4)14(12)17(23)19-13(10-11(3)6-2)15(21)16(18)22/h11-14H,5-10H2,1-4H3,(H2,18,22)(H,19,23)/t11?,12-,13?,14?/m0/s1. The van der Waals surface area contributed by atoms with Crippen LogP contribution in [0, 0.1) is 11.8 Å². The average Bonchev–Trinajstić information content (AvgIpc) is 2.86. The van der Waals surface area contributed by atoms with E-state index in [1.165, 1.54) is 0 Å². The van der Waals surface area contributed by atoms with Gasteiger partial charge in [0.2, 0.25) is 11.7 Å². The molecule has 1 rings (SSSR count). The Hall–Kier alpha value is -1.43. The molecule has 0 bridgehead atoms. The van der Waals surface area contributed by atoms with Gasteiger partial charge < -0.3 is 11.1 Å². The van der Waals surface area contributed by atoms with E-state index in [0.29, 0.717) is 12.3 Å². The Morgan fingerprint density at radius 2 is 1.96 bits per heavy atom. The van der Waals surface area contributed by atoms with Crippen LogP contribution in [0.1, 0.15) is 52.9 Å². The molecular formula is C17H31N3O3. The Balaban J connectivity index is 2.82. The van der Waals surface area contributed by atoms with Crippen LogP contribution >= 0.6 is 0 Å². The second-order valence-electron chi connectivity index (χ2n) is 6.80. The fourth-order valence-corrected chi connectivity index (χ4v) is 3.34. The van der Waals surface area contributed by atoms with Gasteiger partial charge in [0.25, 0.3) is 5.91 Å². The number of primary amides is 1. The smallest absolute Gasteiger partial charge is 0.287 e. The molecule has 2 amide bonds. The van der Waals surface area contributed by atoms with Crippen LogP contribution in [0.25, 0.3) is 0 Å². The summed E-state index contributed by atoms with van der Waals surface area (Å²) in [6, 6.07) is -1.04. The van der Waals surface area contributed by atoms with Crippen molar-refractivity contribution in [1.82, 2.24) is 10.2 Å². The van der Waals surface area contributed by atoms with Crippen LogP contribution in [0.4, 0.5) is 0 Å². The van der Waals surface area contributed by atoms with E-state index >= 15 is 0 Å². The number of likely N-dealkylation sites (tertiary alicyclic amines) is 1. The van der Waals surface area contributed by atoms with Gasteiger partial charge in [-0.15, -0.1) is 0 Å². The highest BCUT2D eigenvalue weighted by Gasteiger charge is 2.38. The number of nitrogens with zero attached hydrogens (tertiary/aromatic N) is 1. The summed E-state index contributed by atoms with van der Waals surface area (Å²) in [5.74, 6) is -1.31. The van der Waals surface area contributed by atoms with Crippen LogP contribution < -0.4 is 11.1 Å². The molecule has 0 radical (unpaired) electrons. The zero-order valence-electron chi connectivity index (χ0n) is 14.8. The van der Waals surface area contributed by atoms with E-state index in [4.69, 9.17) is 5.73 Å². The number of hydrogen-bond acceptors (Lipinski definition) is 4. The molecule has 1 aliphatic heterocycles. The number of likely N-dealkylation sites (N-methyl/N-ethyl adjacent to an activating group) is 1. The van der Waals surface area contributed by atoms with Crippen molar-refractivity contribution in [2.24, 2.45) is 17.6 Å². The maximum Gasteiger partial charge on any atom is 0.287 e. The summed E-state index contributed by atoms with van der Waals surface area (Å²) in [6.45, 7) is 6.99. The van der Waals surface area contributed by atoms with E-state index in [1.54, 1.807) is 0 Å². The fourth-order valence-electron chi connectivity index (χ4n) is 3.34. The lowest BCUT2D eigenvalue weighted by Crippen LogP contribution is -2.53. The zero-order valence-corrected chi connectivity index (χ0v) is 14.8. The molecular weight excluding hydrogens is 294 g/mol. The predicted octanol–water partition coefficient (Wildman–Crippen LogP) is 1.08. The summed E-state index contributed by atoms with van der Waals surface area (Å²) in [7, 11) is 1.93. The van der Waals surface area contributed by atoms with E-state index in [-0.39, 0.29) is 17.9 Å². The monoisotopic (exact) mass is 325 g/mol. The number of nitrogens with one attached hydrogen (secondary N) is 1. The number of carbonyl (C=O) groups is 3. The molecule has 0 aliphatic carbocycles. The number of ketones is 1. The van der Waals surface area contributed by atoms with Crippen LogP contribution in [0.3, 0.4) is 0 Å².